The number of hydrogen-bond acceptors (Lipinski definition) is 5. The number of nitrogens with zero attached hydrogens (tertiary/aromatic N) is 1. The van der Waals surface area contributed by atoms with Crippen molar-refractivity contribution < 1.29 is 19.0 Å². The number of nitrogens with one attached hydrogen (secondary N) is 2. The van der Waals surface area contributed by atoms with Crippen molar-refractivity contribution in [3.05, 3.63) is 23.8 Å². The number of rotatable bonds is 13. The molecule has 7 nitrogen and oxygen atoms in total. The van der Waals surface area contributed by atoms with Gasteiger partial charge in [-0.25, -0.2) is 0 Å². The first-order valence-corrected chi connectivity index (χ1v) is 10.5. The molecule has 0 fully saturated rings. The van der Waals surface area contributed by atoms with Crippen molar-refractivity contribution in [2.45, 2.75) is 58.9 Å². The molecule has 29 heavy (non-hydrogen) atoms. The van der Waals surface area contributed by atoms with E-state index in [9.17, 15) is 4.79 Å². The minimum absolute atomic E-state index is 0.0659. The van der Waals surface area contributed by atoms with E-state index in [1.165, 1.54) is 7.11 Å². The largest absolute Gasteiger partial charge is 0.490 e. The second-order valence-electron chi connectivity index (χ2n) is 6.68. The molecule has 0 saturated heterocycles. The molecule has 0 aliphatic rings. The smallest absolute Gasteiger partial charge is 0.305 e. The van der Waals surface area contributed by atoms with Crippen LogP contribution < -0.4 is 20.1 Å². The summed E-state index contributed by atoms with van der Waals surface area (Å²) in [6.07, 6.45) is 4.47. The Labute approximate surface area is 175 Å². The van der Waals surface area contributed by atoms with Gasteiger partial charge in [-0.15, -0.1) is 0 Å². The molecule has 1 unspecified atom stereocenters. The molecule has 0 bridgehead atoms. The fourth-order valence-electron chi connectivity index (χ4n) is 2.88. The number of carbonyl (C=O) groups is 1. The number of ether oxygens (including phenoxy) is 3. The van der Waals surface area contributed by atoms with Gasteiger partial charge in [0.2, 0.25) is 0 Å². The maximum atomic E-state index is 11.1. The summed E-state index contributed by atoms with van der Waals surface area (Å²) < 4.78 is 16.0. The van der Waals surface area contributed by atoms with Crippen molar-refractivity contribution in [2.75, 3.05) is 33.9 Å². The van der Waals surface area contributed by atoms with E-state index >= 15 is 0 Å². The fourth-order valence-corrected chi connectivity index (χ4v) is 2.88. The number of benzene rings is 1. The van der Waals surface area contributed by atoms with Crippen LogP contribution in [0, 0.1) is 0 Å². The lowest BCUT2D eigenvalue weighted by atomic mass is 10.1. The van der Waals surface area contributed by atoms with Crippen LogP contribution in [-0.2, 0) is 9.53 Å². The van der Waals surface area contributed by atoms with E-state index in [1.807, 2.05) is 32.0 Å². The first kappa shape index (κ1) is 24.6. The van der Waals surface area contributed by atoms with E-state index < -0.39 is 0 Å². The highest BCUT2D eigenvalue weighted by Crippen LogP contribution is 2.30. The number of hydrogen-bond donors (Lipinski definition) is 2. The summed E-state index contributed by atoms with van der Waals surface area (Å²) in [6.45, 7) is 8.04. The predicted octanol–water partition coefficient (Wildman–Crippen LogP) is 3.83. The van der Waals surface area contributed by atoms with Gasteiger partial charge in [-0.3, -0.25) is 9.79 Å². The SMILES string of the molecule is CCOc1ccc(C(C)NC(=NC)NCCCCCCC(=O)OC)cc1OCC. The summed E-state index contributed by atoms with van der Waals surface area (Å²) in [5.74, 6) is 2.15. The third-order valence-corrected chi connectivity index (χ3v) is 4.47. The summed E-state index contributed by atoms with van der Waals surface area (Å²) in [5.41, 5.74) is 1.10. The Kier molecular flexibility index (Phi) is 12.3. The van der Waals surface area contributed by atoms with E-state index in [-0.39, 0.29) is 12.0 Å². The van der Waals surface area contributed by atoms with Gasteiger partial charge in [0.25, 0.3) is 0 Å². The number of methoxy groups -OCH3 is 1. The molecule has 2 N–H and O–H groups in total. The summed E-state index contributed by atoms with van der Waals surface area (Å²) in [5, 5.41) is 6.75. The molecule has 0 aliphatic heterocycles. The van der Waals surface area contributed by atoms with Gasteiger partial charge >= 0.3 is 5.97 Å². The van der Waals surface area contributed by atoms with Crippen molar-refractivity contribution >= 4 is 11.9 Å². The van der Waals surface area contributed by atoms with E-state index in [1.54, 1.807) is 7.05 Å². The van der Waals surface area contributed by atoms with Crippen LogP contribution in [-0.4, -0.2) is 45.8 Å². The standard InChI is InChI=1S/C22H37N3O4/c1-6-28-19-14-13-18(16-20(19)29-7-2)17(3)25-22(23-4)24-15-11-9-8-10-12-21(26)27-5/h13-14,16-17H,6-12,15H2,1-5H3,(H2,23,24,25). The van der Waals surface area contributed by atoms with E-state index in [4.69, 9.17) is 9.47 Å². The van der Waals surface area contributed by atoms with Gasteiger partial charge in [-0.1, -0.05) is 18.9 Å². The highest BCUT2D eigenvalue weighted by molar-refractivity contribution is 5.80. The van der Waals surface area contributed by atoms with Gasteiger partial charge in [0, 0.05) is 20.0 Å². The molecule has 1 aromatic carbocycles. The lowest BCUT2D eigenvalue weighted by molar-refractivity contribution is -0.140. The monoisotopic (exact) mass is 407 g/mol. The Morgan fingerprint density at radius 3 is 2.41 bits per heavy atom. The molecule has 1 rings (SSSR count). The van der Waals surface area contributed by atoms with Gasteiger partial charge in [-0.05, 0) is 51.3 Å². The van der Waals surface area contributed by atoms with Crippen LogP contribution in [0.2, 0.25) is 0 Å². The average Bonchev–Trinajstić information content (AvgIpc) is 2.73. The Balaban J connectivity index is 2.45. The molecule has 0 spiro atoms. The van der Waals surface area contributed by atoms with Crippen molar-refractivity contribution in [3.63, 3.8) is 0 Å². The lowest BCUT2D eigenvalue weighted by Crippen LogP contribution is -2.39. The summed E-state index contributed by atoms with van der Waals surface area (Å²) in [4.78, 5) is 15.4. The molecule has 0 heterocycles. The van der Waals surface area contributed by atoms with Gasteiger partial charge < -0.3 is 24.8 Å². The van der Waals surface area contributed by atoms with Crippen LogP contribution in [0.5, 0.6) is 11.5 Å². The molecule has 7 heteroatoms. The fraction of sp³-hybridized carbons (Fsp3) is 0.636. The van der Waals surface area contributed by atoms with Crippen LogP contribution in [0.4, 0.5) is 0 Å². The van der Waals surface area contributed by atoms with Crippen molar-refractivity contribution in [1.82, 2.24) is 10.6 Å². The number of carbonyl (C=O) groups excluding carboxylic acids is 1. The van der Waals surface area contributed by atoms with Crippen LogP contribution in [0.15, 0.2) is 23.2 Å². The Morgan fingerprint density at radius 2 is 1.76 bits per heavy atom. The maximum Gasteiger partial charge on any atom is 0.305 e. The molecule has 1 atom stereocenters. The molecular formula is C22H37N3O4. The molecule has 0 aromatic heterocycles. The van der Waals surface area contributed by atoms with E-state index in [0.29, 0.717) is 19.6 Å². The molecule has 0 radical (unpaired) electrons. The first-order valence-electron chi connectivity index (χ1n) is 10.5. The zero-order chi connectivity index (χ0) is 21.5. The minimum Gasteiger partial charge on any atom is -0.490 e. The van der Waals surface area contributed by atoms with Gasteiger partial charge in [0.15, 0.2) is 17.5 Å². The zero-order valence-corrected chi connectivity index (χ0v) is 18.5. The first-order chi connectivity index (χ1) is 14.0. The van der Waals surface area contributed by atoms with Gasteiger partial charge in [0.1, 0.15) is 0 Å². The number of aliphatic imine (C=N–C) groups is 1. The molecular weight excluding hydrogens is 370 g/mol. The summed E-state index contributed by atoms with van der Waals surface area (Å²) in [7, 11) is 3.19. The quantitative estimate of drug-likeness (QED) is 0.224. The number of unbranched alkanes of at least 4 members (excludes halogenated alkanes) is 3. The normalized spacial score (nSPS) is 12.2. The lowest BCUT2D eigenvalue weighted by Gasteiger charge is -2.20. The Morgan fingerprint density at radius 1 is 1.07 bits per heavy atom. The summed E-state index contributed by atoms with van der Waals surface area (Å²) >= 11 is 0. The second-order valence-corrected chi connectivity index (χ2v) is 6.68. The summed E-state index contributed by atoms with van der Waals surface area (Å²) in [6, 6.07) is 6.07. The molecule has 0 amide bonds. The second kappa shape index (κ2) is 14.5. The zero-order valence-electron chi connectivity index (χ0n) is 18.5. The van der Waals surface area contributed by atoms with Crippen molar-refractivity contribution in [3.8, 4) is 11.5 Å². The van der Waals surface area contributed by atoms with Crippen LogP contribution in [0.3, 0.4) is 0 Å². The van der Waals surface area contributed by atoms with Crippen LogP contribution in [0.25, 0.3) is 0 Å². The van der Waals surface area contributed by atoms with Gasteiger partial charge in [-0.2, -0.15) is 0 Å². The van der Waals surface area contributed by atoms with E-state index in [0.717, 1.165) is 55.3 Å². The third-order valence-electron chi connectivity index (χ3n) is 4.47. The van der Waals surface area contributed by atoms with Gasteiger partial charge in [0.05, 0.1) is 26.4 Å². The van der Waals surface area contributed by atoms with Crippen molar-refractivity contribution in [1.29, 1.82) is 0 Å². The minimum atomic E-state index is -0.136. The van der Waals surface area contributed by atoms with E-state index in [2.05, 4.69) is 27.3 Å². The maximum absolute atomic E-state index is 11.1. The third kappa shape index (κ3) is 9.54. The number of esters is 1. The highest BCUT2D eigenvalue weighted by atomic mass is 16.5. The molecule has 1 aromatic rings. The Bertz CT molecular complexity index is 634. The van der Waals surface area contributed by atoms with Crippen LogP contribution >= 0.6 is 0 Å². The average molecular weight is 408 g/mol. The molecule has 0 aliphatic carbocycles. The molecule has 164 valence electrons. The van der Waals surface area contributed by atoms with Crippen molar-refractivity contribution in [2.24, 2.45) is 4.99 Å². The number of guanidine groups is 1. The highest BCUT2D eigenvalue weighted by Gasteiger charge is 2.12. The Hall–Kier alpha value is -2.44. The van der Waals surface area contributed by atoms with Crippen LogP contribution in [0.1, 0.15) is 64.5 Å². The molecule has 0 saturated carbocycles. The topological polar surface area (TPSA) is 81.2 Å². The predicted molar refractivity (Wildman–Crippen MR) is 117 cm³/mol.